The summed E-state index contributed by atoms with van der Waals surface area (Å²) in [5.74, 6) is -1.61. The zero-order valence-corrected chi connectivity index (χ0v) is 25.6. The summed E-state index contributed by atoms with van der Waals surface area (Å²) >= 11 is 0. The second kappa shape index (κ2) is 15.3. The normalized spacial score (nSPS) is 13.3. The number of carboxylic acid groups (broad SMARTS) is 1. The van der Waals surface area contributed by atoms with Crippen molar-refractivity contribution >= 4 is 11.9 Å². The zero-order chi connectivity index (χ0) is 28.7. The van der Waals surface area contributed by atoms with E-state index in [2.05, 4.69) is 10.4 Å². The van der Waals surface area contributed by atoms with E-state index in [0.29, 0.717) is 22.7 Å². The van der Waals surface area contributed by atoms with Crippen molar-refractivity contribution in [1.29, 1.82) is 0 Å². The van der Waals surface area contributed by atoms with E-state index in [1.165, 1.54) is 12.1 Å². The predicted octanol–water partition coefficient (Wildman–Crippen LogP) is -0.177. The van der Waals surface area contributed by atoms with Gasteiger partial charge in [-0.25, -0.2) is 9.07 Å². The molecule has 0 unspecified atom stereocenters. The summed E-state index contributed by atoms with van der Waals surface area (Å²) in [6, 6.07) is 12.7. The van der Waals surface area contributed by atoms with Crippen LogP contribution in [0.4, 0.5) is 4.39 Å². The minimum atomic E-state index is -1.40. The standard InChI is InChI=1S/C29H36FN3O6.Na/c1-17(2)27-25(14-11-22(34)15-23(35)16-26(36)37)33(21-9-7-20(30)8-10-21)32-28(27)29(38)31-18(3)19-5-12-24(39-4)13-6-19;/h5-10,12-13,17-18,22-23,34-35H,11,14-16H2,1-4H3,(H,31,38)(H,36,37);/q;+1/p-1/t18-,22+,23+;/m0./s1. The number of aromatic nitrogens is 2. The number of aliphatic carboxylic acids is 1. The maximum absolute atomic E-state index is 13.7. The van der Waals surface area contributed by atoms with E-state index in [0.717, 1.165) is 5.56 Å². The first-order valence-corrected chi connectivity index (χ1v) is 12.9. The molecule has 0 bridgehead atoms. The molecule has 11 heteroatoms. The van der Waals surface area contributed by atoms with Crippen LogP contribution in [0, 0.1) is 5.82 Å². The van der Waals surface area contributed by atoms with Gasteiger partial charge in [0.15, 0.2) is 5.69 Å². The number of carbonyl (C=O) groups excluding carboxylic acids is 2. The summed E-state index contributed by atoms with van der Waals surface area (Å²) in [5, 5.41) is 38.7. The Morgan fingerprint density at radius 3 is 2.23 bits per heavy atom. The van der Waals surface area contributed by atoms with Gasteiger partial charge in [0, 0.05) is 23.6 Å². The first kappa shape index (κ1) is 33.4. The van der Waals surface area contributed by atoms with Gasteiger partial charge in [-0.1, -0.05) is 26.0 Å². The molecule has 0 spiro atoms. The number of aliphatic hydroxyl groups excluding tert-OH is 2. The number of carboxylic acids is 1. The zero-order valence-electron chi connectivity index (χ0n) is 23.6. The van der Waals surface area contributed by atoms with Gasteiger partial charge in [0.25, 0.3) is 5.91 Å². The van der Waals surface area contributed by atoms with E-state index in [4.69, 9.17) is 4.74 Å². The summed E-state index contributed by atoms with van der Waals surface area (Å²) in [7, 11) is 1.58. The molecule has 40 heavy (non-hydrogen) atoms. The van der Waals surface area contributed by atoms with Crippen molar-refractivity contribution in [1.82, 2.24) is 15.1 Å². The number of halogens is 1. The number of nitrogens with one attached hydrogen (secondary N) is 1. The number of benzene rings is 2. The van der Waals surface area contributed by atoms with Crippen molar-refractivity contribution in [3.8, 4) is 11.4 Å². The summed E-state index contributed by atoms with van der Waals surface area (Å²) < 4.78 is 20.4. The van der Waals surface area contributed by atoms with Gasteiger partial charge >= 0.3 is 29.6 Å². The van der Waals surface area contributed by atoms with E-state index >= 15 is 0 Å². The van der Waals surface area contributed by atoms with Crippen LogP contribution < -0.4 is 44.7 Å². The molecule has 3 N–H and O–H groups in total. The number of hydrogen-bond acceptors (Lipinski definition) is 7. The van der Waals surface area contributed by atoms with Gasteiger partial charge in [0.05, 0.1) is 31.0 Å². The van der Waals surface area contributed by atoms with E-state index in [9.17, 15) is 29.3 Å². The van der Waals surface area contributed by atoms with Crippen LogP contribution in [0.5, 0.6) is 5.75 Å². The van der Waals surface area contributed by atoms with Gasteiger partial charge in [-0.3, -0.25) is 4.79 Å². The van der Waals surface area contributed by atoms with Crippen molar-refractivity contribution < 1.29 is 63.6 Å². The minimum Gasteiger partial charge on any atom is -0.550 e. The molecule has 1 heterocycles. The fraction of sp³-hybridized carbons (Fsp3) is 0.414. The maximum Gasteiger partial charge on any atom is 1.00 e. The van der Waals surface area contributed by atoms with Gasteiger partial charge in [-0.2, -0.15) is 5.10 Å². The Bertz CT molecular complexity index is 1260. The summed E-state index contributed by atoms with van der Waals surface area (Å²) in [4.78, 5) is 24.2. The van der Waals surface area contributed by atoms with Gasteiger partial charge in [0.1, 0.15) is 11.6 Å². The number of nitrogens with zero attached hydrogens (tertiary/aromatic N) is 2. The Kier molecular flexibility index (Phi) is 12.8. The van der Waals surface area contributed by atoms with Crippen LogP contribution in [0.3, 0.4) is 0 Å². The average Bonchev–Trinajstić information content (AvgIpc) is 3.27. The number of aliphatic hydroxyl groups is 2. The molecule has 3 aromatic rings. The Morgan fingerprint density at radius 2 is 1.68 bits per heavy atom. The Hall–Kier alpha value is -2.76. The minimum absolute atomic E-state index is 0. The number of amides is 1. The Morgan fingerprint density at radius 1 is 1.05 bits per heavy atom. The molecular formula is C29H35FN3NaO6. The van der Waals surface area contributed by atoms with Crippen LogP contribution in [-0.4, -0.2) is 51.2 Å². The van der Waals surface area contributed by atoms with E-state index in [1.54, 1.807) is 23.9 Å². The average molecular weight is 564 g/mol. The van der Waals surface area contributed by atoms with Crippen LogP contribution in [0.15, 0.2) is 48.5 Å². The van der Waals surface area contributed by atoms with Crippen molar-refractivity contribution in [2.24, 2.45) is 0 Å². The predicted molar refractivity (Wildman–Crippen MR) is 141 cm³/mol. The van der Waals surface area contributed by atoms with E-state index in [1.807, 2.05) is 45.0 Å². The number of rotatable bonds is 13. The third kappa shape index (κ3) is 8.87. The van der Waals surface area contributed by atoms with Crippen LogP contribution in [0.1, 0.15) is 79.3 Å². The molecule has 0 fully saturated rings. The SMILES string of the molecule is COc1ccc([C@H](C)NC(=O)c2nn(-c3ccc(F)cc3)c(CC[C@@H](O)C[C@@H](O)CC(=O)[O-])c2C(C)C)cc1.[Na+]. The fourth-order valence-corrected chi connectivity index (χ4v) is 4.53. The molecule has 2 aromatic carbocycles. The van der Waals surface area contributed by atoms with Gasteiger partial charge < -0.3 is 30.2 Å². The van der Waals surface area contributed by atoms with Crippen LogP contribution in [0.2, 0.25) is 0 Å². The van der Waals surface area contributed by atoms with Crippen molar-refractivity contribution in [2.75, 3.05) is 7.11 Å². The fourth-order valence-electron chi connectivity index (χ4n) is 4.53. The molecule has 0 radical (unpaired) electrons. The molecule has 9 nitrogen and oxygen atoms in total. The van der Waals surface area contributed by atoms with Crippen molar-refractivity contribution in [2.45, 2.75) is 70.6 Å². The third-order valence-electron chi connectivity index (χ3n) is 6.51. The quantitative estimate of drug-likeness (QED) is 0.246. The Balaban J connectivity index is 0.00000560. The Labute approximate surface area is 255 Å². The van der Waals surface area contributed by atoms with Crippen LogP contribution >= 0.6 is 0 Å². The second-order valence-corrected chi connectivity index (χ2v) is 9.88. The van der Waals surface area contributed by atoms with Gasteiger partial charge in [-0.15, -0.1) is 0 Å². The molecule has 0 aliphatic heterocycles. The summed E-state index contributed by atoms with van der Waals surface area (Å²) in [6.45, 7) is 5.72. The molecule has 1 amide bonds. The van der Waals surface area contributed by atoms with Crippen molar-refractivity contribution in [3.63, 3.8) is 0 Å². The third-order valence-corrected chi connectivity index (χ3v) is 6.51. The monoisotopic (exact) mass is 563 g/mol. The molecule has 0 aliphatic rings. The maximum atomic E-state index is 13.7. The smallest absolute Gasteiger partial charge is 0.550 e. The number of methoxy groups -OCH3 is 1. The second-order valence-electron chi connectivity index (χ2n) is 9.88. The number of ether oxygens (including phenoxy) is 1. The number of hydrogen-bond donors (Lipinski definition) is 3. The van der Waals surface area contributed by atoms with Crippen LogP contribution in [0.25, 0.3) is 5.69 Å². The molecule has 3 rings (SSSR count). The van der Waals surface area contributed by atoms with Crippen LogP contribution in [-0.2, 0) is 11.2 Å². The van der Waals surface area contributed by atoms with Gasteiger partial charge in [-0.05, 0) is 74.1 Å². The first-order valence-electron chi connectivity index (χ1n) is 12.9. The summed E-state index contributed by atoms with van der Waals surface area (Å²) in [5.41, 5.74) is 2.98. The number of carbonyl (C=O) groups is 2. The van der Waals surface area contributed by atoms with Gasteiger partial charge in [0.2, 0.25) is 0 Å². The van der Waals surface area contributed by atoms with Crippen molar-refractivity contribution in [3.05, 3.63) is 76.9 Å². The van der Waals surface area contributed by atoms with E-state index < -0.39 is 30.4 Å². The van der Waals surface area contributed by atoms with E-state index in [-0.39, 0.29) is 72.4 Å². The molecule has 3 atom stereocenters. The largest absolute Gasteiger partial charge is 1.00 e. The summed E-state index contributed by atoms with van der Waals surface area (Å²) in [6.07, 6.45) is -2.49. The molecule has 0 aliphatic carbocycles. The molecular weight excluding hydrogens is 528 g/mol. The first-order chi connectivity index (χ1) is 18.5. The molecule has 1 aromatic heterocycles. The molecule has 210 valence electrons. The molecule has 0 saturated heterocycles. The molecule has 0 saturated carbocycles. The topological polar surface area (TPSA) is 137 Å².